The second-order valence-corrected chi connectivity index (χ2v) is 17.0. The van der Waals surface area contributed by atoms with Crippen LogP contribution >= 0.6 is 0 Å². The third-order valence-electron chi connectivity index (χ3n) is 11.2. The summed E-state index contributed by atoms with van der Waals surface area (Å²) in [5.74, 6) is -0.253. The van der Waals surface area contributed by atoms with Gasteiger partial charge in [0.2, 0.25) is 11.8 Å². The third kappa shape index (κ3) is 7.61. The Morgan fingerprint density at radius 1 is 0.638 bits per heavy atom. The highest BCUT2D eigenvalue weighted by molar-refractivity contribution is 6.07. The van der Waals surface area contributed by atoms with Crippen LogP contribution in [0.25, 0.3) is 0 Å². The number of anilines is 5. The van der Waals surface area contributed by atoms with Gasteiger partial charge in [0.1, 0.15) is 0 Å². The number of ketones is 2. The molecule has 12 nitrogen and oxygen atoms in total. The lowest BCUT2D eigenvalue weighted by molar-refractivity contribution is -0.384. The molecule has 2 aliphatic heterocycles. The van der Waals surface area contributed by atoms with Gasteiger partial charge in [0.25, 0.3) is 5.69 Å². The number of nitro benzene ring substituents is 1. The molecule has 2 amide bonds. The van der Waals surface area contributed by atoms with Gasteiger partial charge in [0.05, 0.1) is 39.8 Å². The molecular formula is C46H48N6O6. The van der Waals surface area contributed by atoms with E-state index in [1.807, 2.05) is 72.8 Å². The molecule has 298 valence electrons. The number of allylic oxidation sites excluding steroid dienone is 2. The Labute approximate surface area is 337 Å². The third-order valence-corrected chi connectivity index (χ3v) is 11.2. The van der Waals surface area contributed by atoms with Gasteiger partial charge in [-0.1, -0.05) is 64.1 Å². The zero-order chi connectivity index (χ0) is 41.7. The van der Waals surface area contributed by atoms with Crippen molar-refractivity contribution in [3.05, 3.63) is 141 Å². The molecule has 0 spiro atoms. The van der Waals surface area contributed by atoms with E-state index in [1.165, 1.54) is 19.1 Å². The smallest absolute Gasteiger partial charge is 0.269 e. The van der Waals surface area contributed by atoms with Crippen LogP contribution in [0.5, 0.6) is 0 Å². The van der Waals surface area contributed by atoms with E-state index in [0.29, 0.717) is 47.3 Å². The Morgan fingerprint density at radius 3 is 1.40 bits per heavy atom. The van der Waals surface area contributed by atoms with E-state index >= 15 is 0 Å². The fourth-order valence-corrected chi connectivity index (χ4v) is 8.76. The fourth-order valence-electron chi connectivity index (χ4n) is 8.76. The molecule has 0 bridgehead atoms. The first-order valence-corrected chi connectivity index (χ1v) is 19.4. The number of fused-ring (bicyclic) bond motifs is 2. The Hall–Kier alpha value is -6.56. The lowest BCUT2D eigenvalue weighted by Crippen LogP contribution is -2.38. The lowest BCUT2D eigenvalue weighted by Gasteiger charge is -2.36. The maximum atomic E-state index is 13.3. The summed E-state index contributed by atoms with van der Waals surface area (Å²) in [5, 5.41) is 18.0. The normalized spacial score (nSPS) is 20.4. The van der Waals surface area contributed by atoms with Gasteiger partial charge in [0, 0.05) is 67.0 Å². The zero-order valence-corrected chi connectivity index (χ0v) is 33.6. The SMILES string of the molecule is CC(=O)N1c2ccccc2NC2=C(C(=O)CC(C)(C)C2)C1c1ccc(N)cc1.CC(=O)N1c2ccccc2NC2=C(C(=O)CC(C)(C)C2)C1c1ccc([N+](=O)[O-])cc1. The van der Waals surface area contributed by atoms with Crippen LogP contribution < -0.4 is 26.2 Å². The largest absolute Gasteiger partial charge is 0.399 e. The van der Waals surface area contributed by atoms with Crippen molar-refractivity contribution in [2.75, 3.05) is 26.2 Å². The number of non-ortho nitro benzene ring substituents is 1. The molecule has 2 aliphatic carbocycles. The first-order chi connectivity index (χ1) is 27.4. The van der Waals surface area contributed by atoms with E-state index in [1.54, 1.807) is 28.9 Å². The van der Waals surface area contributed by atoms with Crippen molar-refractivity contribution in [1.29, 1.82) is 0 Å². The Morgan fingerprint density at radius 2 is 1.02 bits per heavy atom. The van der Waals surface area contributed by atoms with E-state index in [0.717, 1.165) is 40.4 Å². The number of nitrogen functional groups attached to an aromatic ring is 1. The molecule has 4 aliphatic rings. The minimum Gasteiger partial charge on any atom is -0.399 e. The van der Waals surface area contributed by atoms with Gasteiger partial charge < -0.3 is 16.4 Å². The second kappa shape index (κ2) is 15.1. The van der Waals surface area contributed by atoms with Gasteiger partial charge in [-0.3, -0.25) is 39.1 Å². The quantitative estimate of drug-likeness (QED) is 0.104. The summed E-state index contributed by atoms with van der Waals surface area (Å²) in [6, 6.07) is 27.6. The number of nitrogens with two attached hydrogens (primary N) is 1. The van der Waals surface area contributed by atoms with Crippen molar-refractivity contribution < 1.29 is 24.1 Å². The summed E-state index contributed by atoms with van der Waals surface area (Å²) >= 11 is 0. The summed E-state index contributed by atoms with van der Waals surface area (Å²) in [6.07, 6.45) is 2.25. The molecular weight excluding hydrogens is 733 g/mol. The topological polar surface area (TPSA) is 168 Å². The van der Waals surface area contributed by atoms with E-state index < -0.39 is 17.0 Å². The number of Topliss-reactive ketones (excluding diaryl/α,β-unsaturated/α-hetero) is 2. The zero-order valence-electron chi connectivity index (χ0n) is 33.6. The van der Waals surface area contributed by atoms with Gasteiger partial charge >= 0.3 is 0 Å². The van der Waals surface area contributed by atoms with Crippen molar-refractivity contribution in [3.63, 3.8) is 0 Å². The summed E-state index contributed by atoms with van der Waals surface area (Å²) in [7, 11) is 0. The minimum atomic E-state index is -0.655. The van der Waals surface area contributed by atoms with E-state index in [-0.39, 0.29) is 39.9 Å². The summed E-state index contributed by atoms with van der Waals surface area (Å²) in [6.45, 7) is 11.3. The summed E-state index contributed by atoms with van der Waals surface area (Å²) < 4.78 is 0. The minimum absolute atomic E-state index is 0.0174. The first-order valence-electron chi connectivity index (χ1n) is 19.4. The van der Waals surface area contributed by atoms with Crippen molar-refractivity contribution in [1.82, 2.24) is 0 Å². The number of amides is 2. The van der Waals surface area contributed by atoms with E-state index in [2.05, 4.69) is 38.3 Å². The van der Waals surface area contributed by atoms with Crippen LogP contribution in [0.4, 0.5) is 34.1 Å². The highest BCUT2D eigenvalue weighted by Crippen LogP contribution is 2.50. The summed E-state index contributed by atoms with van der Waals surface area (Å²) in [5.41, 5.74) is 13.7. The molecule has 0 saturated heterocycles. The molecule has 0 radical (unpaired) electrons. The van der Waals surface area contributed by atoms with Gasteiger partial charge in [-0.05, 0) is 83.3 Å². The van der Waals surface area contributed by atoms with Crippen LogP contribution in [0.1, 0.15) is 90.4 Å². The van der Waals surface area contributed by atoms with Crippen molar-refractivity contribution >= 4 is 57.5 Å². The monoisotopic (exact) mass is 780 g/mol. The molecule has 58 heavy (non-hydrogen) atoms. The number of nitrogens with zero attached hydrogens (tertiary/aromatic N) is 3. The van der Waals surface area contributed by atoms with E-state index in [4.69, 9.17) is 5.73 Å². The number of hydrogen-bond donors (Lipinski definition) is 3. The molecule has 0 fully saturated rings. The molecule has 8 rings (SSSR count). The van der Waals surface area contributed by atoms with Crippen molar-refractivity contribution in [2.45, 2.75) is 79.3 Å². The summed E-state index contributed by atoms with van der Waals surface area (Å²) in [4.78, 5) is 66.3. The van der Waals surface area contributed by atoms with Gasteiger partial charge in [0.15, 0.2) is 11.6 Å². The van der Waals surface area contributed by atoms with Crippen LogP contribution in [0.3, 0.4) is 0 Å². The predicted octanol–water partition coefficient (Wildman–Crippen LogP) is 9.19. The van der Waals surface area contributed by atoms with E-state index in [9.17, 15) is 29.3 Å². The molecule has 4 N–H and O–H groups in total. The molecule has 12 heteroatoms. The molecule has 2 heterocycles. The molecule has 4 aromatic rings. The van der Waals surface area contributed by atoms with Crippen LogP contribution in [0, 0.1) is 20.9 Å². The number of hydrogen-bond acceptors (Lipinski definition) is 9. The van der Waals surface area contributed by atoms with Gasteiger partial charge in [-0.2, -0.15) is 0 Å². The number of carbonyl (C=O) groups is 4. The second-order valence-electron chi connectivity index (χ2n) is 17.0. The Balaban J connectivity index is 0.000000177. The number of nitro groups is 1. The Bertz CT molecular complexity index is 2410. The predicted molar refractivity (Wildman–Crippen MR) is 226 cm³/mol. The maximum absolute atomic E-state index is 13.3. The number of carbonyl (C=O) groups excluding carboxylic acids is 4. The van der Waals surface area contributed by atoms with Gasteiger partial charge in [-0.15, -0.1) is 0 Å². The van der Waals surface area contributed by atoms with Crippen LogP contribution in [-0.4, -0.2) is 28.3 Å². The number of rotatable bonds is 3. The Kier molecular flexibility index (Phi) is 10.3. The molecule has 0 aromatic heterocycles. The highest BCUT2D eigenvalue weighted by atomic mass is 16.6. The van der Waals surface area contributed by atoms with Gasteiger partial charge in [-0.25, -0.2) is 0 Å². The number of nitrogens with one attached hydrogen (secondary N) is 2. The first kappa shape index (κ1) is 39.7. The van der Waals surface area contributed by atoms with Crippen LogP contribution in [0.15, 0.2) is 120 Å². The number of para-hydroxylation sites is 4. The molecule has 2 unspecified atom stereocenters. The van der Waals surface area contributed by atoms with Crippen LogP contribution in [-0.2, 0) is 19.2 Å². The molecule has 4 aromatic carbocycles. The number of benzene rings is 4. The molecule has 2 atom stereocenters. The van der Waals surface area contributed by atoms with Crippen molar-refractivity contribution in [2.24, 2.45) is 10.8 Å². The lowest BCUT2D eigenvalue weighted by atomic mass is 9.73. The maximum Gasteiger partial charge on any atom is 0.269 e. The van der Waals surface area contributed by atoms with Crippen LogP contribution in [0.2, 0.25) is 0 Å². The van der Waals surface area contributed by atoms with Crippen molar-refractivity contribution in [3.8, 4) is 0 Å². The standard InChI is InChI=1S/C23H23N3O4.C23H25N3O2/c1-14(27)25-19-7-5-4-6-17(19)24-18-12-23(2,3)13-20(28)21(18)22(25)15-8-10-16(11-9-15)26(29)30;1-14(27)26-19-7-5-4-6-17(19)25-18-12-23(2,3)13-20(28)21(18)22(26)15-8-10-16(24)11-9-15/h4-11,22,24H,12-13H2,1-3H3;4-11,22,25H,12-13,24H2,1-3H3. The average Bonchev–Trinajstić information content (AvgIpc) is 3.39. The molecule has 0 saturated carbocycles. The average molecular weight is 781 g/mol. The highest BCUT2D eigenvalue weighted by Gasteiger charge is 2.44. The fraction of sp³-hybridized carbons (Fsp3) is 0.304.